The topological polar surface area (TPSA) is 112 Å². The van der Waals surface area contributed by atoms with Crippen molar-refractivity contribution in [2.24, 2.45) is 11.5 Å². The van der Waals surface area contributed by atoms with Crippen molar-refractivity contribution < 1.29 is 9.59 Å². The SMILES string of the molecule is Cc1nnc(S[C@@H](C(N)=O)c2ccccc2)c(C(N)=O)c1C. The highest BCUT2D eigenvalue weighted by molar-refractivity contribution is 8.00. The van der Waals surface area contributed by atoms with Crippen LogP contribution in [0.1, 0.15) is 32.4 Å². The fourth-order valence-electron chi connectivity index (χ4n) is 1.99. The molecule has 1 aromatic carbocycles. The first-order chi connectivity index (χ1) is 10.4. The molecule has 0 aliphatic rings. The van der Waals surface area contributed by atoms with Crippen LogP contribution in [0.3, 0.4) is 0 Å². The molecule has 0 saturated heterocycles. The van der Waals surface area contributed by atoms with Crippen LogP contribution in [0.15, 0.2) is 35.4 Å². The van der Waals surface area contributed by atoms with Crippen molar-refractivity contribution in [1.29, 1.82) is 0 Å². The Morgan fingerprint density at radius 2 is 1.73 bits per heavy atom. The largest absolute Gasteiger partial charge is 0.368 e. The summed E-state index contributed by atoms with van der Waals surface area (Å²) in [6, 6.07) is 9.05. The van der Waals surface area contributed by atoms with Gasteiger partial charge in [-0.15, -0.1) is 5.10 Å². The molecular weight excluding hydrogens is 300 g/mol. The molecule has 2 aromatic rings. The predicted octanol–water partition coefficient (Wildman–Crippen LogP) is 1.51. The summed E-state index contributed by atoms with van der Waals surface area (Å²) in [6.07, 6.45) is 0. The maximum absolute atomic E-state index is 11.8. The number of hydrogen-bond acceptors (Lipinski definition) is 5. The van der Waals surface area contributed by atoms with E-state index in [0.717, 1.165) is 17.3 Å². The van der Waals surface area contributed by atoms with Crippen LogP contribution in [0.2, 0.25) is 0 Å². The second-order valence-electron chi connectivity index (χ2n) is 4.77. The molecule has 7 heteroatoms. The van der Waals surface area contributed by atoms with Gasteiger partial charge in [-0.25, -0.2) is 0 Å². The molecule has 114 valence electrons. The molecule has 0 unspecified atom stereocenters. The first kappa shape index (κ1) is 16.0. The fraction of sp³-hybridized carbons (Fsp3) is 0.200. The highest BCUT2D eigenvalue weighted by Crippen LogP contribution is 2.36. The molecule has 0 bridgehead atoms. The monoisotopic (exact) mass is 316 g/mol. The van der Waals surface area contributed by atoms with Gasteiger partial charge >= 0.3 is 0 Å². The van der Waals surface area contributed by atoms with Gasteiger partial charge in [-0.2, -0.15) is 5.10 Å². The van der Waals surface area contributed by atoms with E-state index in [0.29, 0.717) is 16.3 Å². The Labute approximate surface area is 132 Å². The van der Waals surface area contributed by atoms with E-state index in [4.69, 9.17) is 11.5 Å². The minimum atomic E-state index is -0.671. The lowest BCUT2D eigenvalue weighted by atomic mass is 10.1. The normalized spacial score (nSPS) is 11.9. The van der Waals surface area contributed by atoms with Crippen LogP contribution in [-0.2, 0) is 4.79 Å². The van der Waals surface area contributed by atoms with Crippen molar-refractivity contribution in [2.75, 3.05) is 0 Å². The average molecular weight is 316 g/mol. The summed E-state index contributed by atoms with van der Waals surface area (Å²) in [7, 11) is 0. The van der Waals surface area contributed by atoms with Crippen molar-refractivity contribution in [2.45, 2.75) is 24.1 Å². The third kappa shape index (κ3) is 3.25. The van der Waals surface area contributed by atoms with Gasteiger partial charge in [-0.1, -0.05) is 42.1 Å². The lowest BCUT2D eigenvalue weighted by Crippen LogP contribution is -2.21. The lowest BCUT2D eigenvalue weighted by Gasteiger charge is -2.15. The molecule has 0 aliphatic carbocycles. The molecule has 0 saturated carbocycles. The first-order valence-corrected chi connectivity index (χ1v) is 7.44. The van der Waals surface area contributed by atoms with Gasteiger partial charge in [0.25, 0.3) is 5.91 Å². The molecular formula is C15H16N4O2S. The van der Waals surface area contributed by atoms with E-state index in [1.807, 2.05) is 18.2 Å². The zero-order valence-electron chi connectivity index (χ0n) is 12.2. The number of benzene rings is 1. The Kier molecular flexibility index (Phi) is 4.77. The van der Waals surface area contributed by atoms with Crippen molar-refractivity contribution in [3.63, 3.8) is 0 Å². The second kappa shape index (κ2) is 6.57. The van der Waals surface area contributed by atoms with Crippen LogP contribution in [0.4, 0.5) is 0 Å². The Morgan fingerprint density at radius 1 is 1.09 bits per heavy atom. The molecule has 2 amide bonds. The number of rotatable bonds is 5. The summed E-state index contributed by atoms with van der Waals surface area (Å²) < 4.78 is 0. The molecule has 0 radical (unpaired) electrons. The third-order valence-electron chi connectivity index (χ3n) is 3.26. The Bertz CT molecular complexity index is 719. The van der Waals surface area contributed by atoms with E-state index in [2.05, 4.69) is 10.2 Å². The minimum Gasteiger partial charge on any atom is -0.368 e. The highest BCUT2D eigenvalue weighted by atomic mass is 32.2. The van der Waals surface area contributed by atoms with Crippen LogP contribution in [0.5, 0.6) is 0 Å². The summed E-state index contributed by atoms with van der Waals surface area (Å²) in [4.78, 5) is 23.5. The van der Waals surface area contributed by atoms with Crippen LogP contribution >= 0.6 is 11.8 Å². The van der Waals surface area contributed by atoms with Crippen LogP contribution in [0.25, 0.3) is 0 Å². The number of nitrogens with two attached hydrogens (primary N) is 2. The highest BCUT2D eigenvalue weighted by Gasteiger charge is 2.24. The maximum Gasteiger partial charge on any atom is 0.251 e. The summed E-state index contributed by atoms with van der Waals surface area (Å²) in [5.74, 6) is -1.12. The molecule has 2 rings (SSSR count). The van der Waals surface area contributed by atoms with E-state index in [9.17, 15) is 9.59 Å². The van der Waals surface area contributed by atoms with E-state index in [1.54, 1.807) is 26.0 Å². The minimum absolute atomic E-state index is 0.277. The summed E-state index contributed by atoms with van der Waals surface area (Å²) in [5.41, 5.74) is 13.2. The zero-order chi connectivity index (χ0) is 16.3. The Morgan fingerprint density at radius 3 is 2.27 bits per heavy atom. The average Bonchev–Trinajstić information content (AvgIpc) is 2.48. The maximum atomic E-state index is 11.8. The van der Waals surface area contributed by atoms with Crippen LogP contribution in [0, 0.1) is 13.8 Å². The Balaban J connectivity index is 2.46. The number of nitrogens with zero attached hydrogens (tertiary/aromatic N) is 2. The fourth-order valence-corrected chi connectivity index (χ4v) is 3.08. The molecule has 0 aliphatic heterocycles. The van der Waals surface area contributed by atoms with Gasteiger partial charge in [0.05, 0.1) is 11.3 Å². The second-order valence-corrected chi connectivity index (χ2v) is 5.86. The molecule has 22 heavy (non-hydrogen) atoms. The van der Waals surface area contributed by atoms with Crippen LogP contribution in [-0.4, -0.2) is 22.0 Å². The zero-order valence-corrected chi connectivity index (χ0v) is 13.1. The number of primary amides is 2. The number of hydrogen-bond donors (Lipinski definition) is 2. The number of aromatic nitrogens is 2. The van der Waals surface area contributed by atoms with E-state index in [-0.39, 0.29) is 5.56 Å². The molecule has 1 aromatic heterocycles. The quantitative estimate of drug-likeness (QED) is 0.812. The van der Waals surface area contributed by atoms with E-state index < -0.39 is 17.1 Å². The molecule has 0 spiro atoms. The van der Waals surface area contributed by atoms with Crippen LogP contribution < -0.4 is 11.5 Å². The molecule has 1 heterocycles. The predicted molar refractivity (Wildman–Crippen MR) is 84.3 cm³/mol. The lowest BCUT2D eigenvalue weighted by molar-refractivity contribution is -0.117. The van der Waals surface area contributed by atoms with E-state index in [1.165, 1.54) is 0 Å². The smallest absolute Gasteiger partial charge is 0.251 e. The van der Waals surface area contributed by atoms with Gasteiger partial charge in [-0.05, 0) is 25.0 Å². The van der Waals surface area contributed by atoms with Crippen molar-refractivity contribution in [1.82, 2.24) is 10.2 Å². The van der Waals surface area contributed by atoms with Crippen molar-refractivity contribution in [3.05, 3.63) is 52.7 Å². The number of carbonyl (C=O) groups is 2. The van der Waals surface area contributed by atoms with Gasteiger partial charge in [0.15, 0.2) is 0 Å². The number of aryl methyl sites for hydroxylation is 1. The van der Waals surface area contributed by atoms with Gasteiger partial charge in [0, 0.05) is 0 Å². The molecule has 1 atom stereocenters. The van der Waals surface area contributed by atoms with Gasteiger partial charge < -0.3 is 11.5 Å². The molecule has 0 fully saturated rings. The van der Waals surface area contributed by atoms with Crippen molar-refractivity contribution in [3.8, 4) is 0 Å². The summed E-state index contributed by atoms with van der Waals surface area (Å²) in [6.45, 7) is 3.49. The van der Waals surface area contributed by atoms with Gasteiger partial charge in [-0.3, -0.25) is 9.59 Å². The Hall–Kier alpha value is -2.41. The summed E-state index contributed by atoms with van der Waals surface area (Å²) >= 11 is 1.08. The summed E-state index contributed by atoms with van der Waals surface area (Å²) in [5, 5.41) is 7.65. The van der Waals surface area contributed by atoms with Gasteiger partial charge in [0.2, 0.25) is 5.91 Å². The number of amides is 2. The van der Waals surface area contributed by atoms with Gasteiger partial charge in [0.1, 0.15) is 10.3 Å². The number of carbonyl (C=O) groups excluding carboxylic acids is 2. The van der Waals surface area contributed by atoms with Crippen molar-refractivity contribution >= 4 is 23.6 Å². The van der Waals surface area contributed by atoms with E-state index >= 15 is 0 Å². The molecule has 4 N–H and O–H groups in total. The standard InChI is InChI=1S/C15H16N4O2S/c1-8-9(2)18-19-15(11(8)13(16)20)22-12(14(17)21)10-6-4-3-5-7-10/h3-7,12H,1-2H3,(H2,16,20)(H2,17,21)/t12-/m1/s1. The molecule has 6 nitrogen and oxygen atoms in total. The third-order valence-corrected chi connectivity index (χ3v) is 4.51. The first-order valence-electron chi connectivity index (χ1n) is 6.56. The number of thioether (sulfide) groups is 1.